The van der Waals surface area contributed by atoms with Gasteiger partial charge in [-0.05, 0) is 42.3 Å². The fourth-order valence-electron chi connectivity index (χ4n) is 2.65. The van der Waals surface area contributed by atoms with Gasteiger partial charge in [0.1, 0.15) is 0 Å². The molecule has 1 amide bonds. The molecule has 0 unspecified atom stereocenters. The summed E-state index contributed by atoms with van der Waals surface area (Å²) in [5.41, 5.74) is 3.39. The van der Waals surface area contributed by atoms with Gasteiger partial charge in [-0.2, -0.15) is 0 Å². The highest BCUT2D eigenvalue weighted by molar-refractivity contribution is 9.10. The van der Waals surface area contributed by atoms with E-state index >= 15 is 0 Å². The van der Waals surface area contributed by atoms with E-state index in [4.69, 9.17) is 0 Å². The molecule has 0 aliphatic rings. The van der Waals surface area contributed by atoms with E-state index in [2.05, 4.69) is 43.7 Å². The van der Waals surface area contributed by atoms with Gasteiger partial charge in [0.05, 0.1) is 0 Å². The number of fused-ring (bicyclic) bond motifs is 1. The highest BCUT2D eigenvalue weighted by atomic mass is 79.9. The Hall–Kier alpha value is -2.27. The van der Waals surface area contributed by atoms with Gasteiger partial charge < -0.3 is 15.6 Å². The lowest BCUT2D eigenvalue weighted by Crippen LogP contribution is -2.27. The molecule has 124 valence electrons. The van der Waals surface area contributed by atoms with Crippen molar-refractivity contribution < 1.29 is 4.79 Å². The summed E-state index contributed by atoms with van der Waals surface area (Å²) < 4.78 is 1.04. The molecule has 24 heavy (non-hydrogen) atoms. The van der Waals surface area contributed by atoms with Crippen LogP contribution in [0.1, 0.15) is 12.0 Å². The summed E-state index contributed by atoms with van der Waals surface area (Å²) in [4.78, 5) is 15.2. The van der Waals surface area contributed by atoms with Crippen LogP contribution in [-0.4, -0.2) is 24.0 Å². The van der Waals surface area contributed by atoms with Gasteiger partial charge in [-0.1, -0.05) is 34.1 Å². The average Bonchev–Trinajstić information content (AvgIpc) is 3.00. The van der Waals surface area contributed by atoms with Crippen molar-refractivity contribution in [1.82, 2.24) is 10.3 Å². The SMILES string of the molecule is O=C(CCNc1ccc(Br)cc1)NCCc1c[nH]c2ccccc12. The monoisotopic (exact) mass is 385 g/mol. The van der Waals surface area contributed by atoms with E-state index in [-0.39, 0.29) is 5.91 Å². The predicted octanol–water partition coefficient (Wildman–Crippen LogP) is 4.09. The largest absolute Gasteiger partial charge is 0.385 e. The number of para-hydroxylation sites is 1. The Morgan fingerprint density at radius 3 is 2.67 bits per heavy atom. The fraction of sp³-hybridized carbons (Fsp3) is 0.211. The Labute approximate surface area is 149 Å². The summed E-state index contributed by atoms with van der Waals surface area (Å²) in [6.45, 7) is 1.28. The molecule has 0 radical (unpaired) electrons. The highest BCUT2D eigenvalue weighted by Crippen LogP contribution is 2.17. The van der Waals surface area contributed by atoms with Crippen molar-refractivity contribution in [2.45, 2.75) is 12.8 Å². The number of benzene rings is 2. The number of anilines is 1. The Bertz CT molecular complexity index is 811. The Morgan fingerprint density at radius 1 is 1.04 bits per heavy atom. The van der Waals surface area contributed by atoms with Crippen molar-refractivity contribution in [2.24, 2.45) is 0 Å². The molecule has 0 saturated carbocycles. The normalized spacial score (nSPS) is 10.7. The smallest absolute Gasteiger partial charge is 0.221 e. The maximum atomic E-state index is 11.9. The molecule has 0 spiro atoms. The van der Waals surface area contributed by atoms with Gasteiger partial charge in [-0.25, -0.2) is 0 Å². The molecule has 3 N–H and O–H groups in total. The standard InChI is InChI=1S/C19H20BrN3O/c20-15-5-7-16(8-6-15)21-12-10-19(24)22-11-9-14-13-23-18-4-2-1-3-17(14)18/h1-8,13,21,23H,9-12H2,(H,22,24). The second-order valence-corrected chi connectivity index (χ2v) is 6.56. The molecule has 0 aliphatic heterocycles. The van der Waals surface area contributed by atoms with Crippen LogP contribution in [0, 0.1) is 0 Å². The summed E-state index contributed by atoms with van der Waals surface area (Å²) in [5, 5.41) is 7.45. The first-order valence-corrected chi connectivity index (χ1v) is 8.83. The zero-order valence-electron chi connectivity index (χ0n) is 13.3. The molecule has 0 aliphatic carbocycles. The summed E-state index contributed by atoms with van der Waals surface area (Å²) in [6, 6.07) is 16.1. The first-order valence-electron chi connectivity index (χ1n) is 8.03. The third-order valence-electron chi connectivity index (χ3n) is 3.92. The van der Waals surface area contributed by atoms with Crippen LogP contribution in [-0.2, 0) is 11.2 Å². The van der Waals surface area contributed by atoms with Gasteiger partial charge in [0.2, 0.25) is 5.91 Å². The highest BCUT2D eigenvalue weighted by Gasteiger charge is 2.04. The van der Waals surface area contributed by atoms with E-state index in [1.807, 2.05) is 42.6 Å². The van der Waals surface area contributed by atoms with Gasteiger partial charge in [-0.15, -0.1) is 0 Å². The lowest BCUT2D eigenvalue weighted by molar-refractivity contribution is -0.120. The lowest BCUT2D eigenvalue weighted by atomic mass is 10.1. The zero-order valence-corrected chi connectivity index (χ0v) is 14.9. The number of hydrogen-bond acceptors (Lipinski definition) is 2. The lowest BCUT2D eigenvalue weighted by Gasteiger charge is -2.07. The van der Waals surface area contributed by atoms with Crippen LogP contribution >= 0.6 is 15.9 Å². The van der Waals surface area contributed by atoms with Crippen LogP contribution < -0.4 is 10.6 Å². The summed E-state index contributed by atoms with van der Waals surface area (Å²) in [6.07, 6.45) is 3.31. The van der Waals surface area contributed by atoms with Crippen LogP contribution in [0.2, 0.25) is 0 Å². The van der Waals surface area contributed by atoms with E-state index in [9.17, 15) is 4.79 Å². The Kier molecular flexibility index (Phi) is 5.54. The van der Waals surface area contributed by atoms with Gasteiger partial charge in [-0.3, -0.25) is 4.79 Å². The molecule has 0 atom stereocenters. The van der Waals surface area contributed by atoms with Crippen LogP contribution in [0.5, 0.6) is 0 Å². The molecule has 0 fully saturated rings. The van der Waals surface area contributed by atoms with E-state index in [0.717, 1.165) is 22.1 Å². The number of nitrogens with one attached hydrogen (secondary N) is 3. The quantitative estimate of drug-likeness (QED) is 0.573. The van der Waals surface area contributed by atoms with Crippen molar-refractivity contribution >= 4 is 38.4 Å². The summed E-state index contributed by atoms with van der Waals surface area (Å²) in [7, 11) is 0. The van der Waals surface area contributed by atoms with Gasteiger partial charge in [0.15, 0.2) is 0 Å². The molecule has 3 rings (SSSR count). The van der Waals surface area contributed by atoms with Crippen molar-refractivity contribution in [3.63, 3.8) is 0 Å². The summed E-state index contributed by atoms with van der Waals surface area (Å²) >= 11 is 3.40. The van der Waals surface area contributed by atoms with Crippen molar-refractivity contribution in [3.8, 4) is 0 Å². The van der Waals surface area contributed by atoms with Gasteiger partial charge >= 0.3 is 0 Å². The second-order valence-electron chi connectivity index (χ2n) is 5.64. The van der Waals surface area contributed by atoms with E-state index in [0.29, 0.717) is 19.5 Å². The molecule has 1 aromatic heterocycles. The molecule has 1 heterocycles. The third kappa shape index (κ3) is 4.38. The number of amides is 1. The zero-order chi connectivity index (χ0) is 16.8. The van der Waals surface area contributed by atoms with E-state index < -0.39 is 0 Å². The predicted molar refractivity (Wildman–Crippen MR) is 102 cm³/mol. The third-order valence-corrected chi connectivity index (χ3v) is 4.45. The number of carbonyl (C=O) groups is 1. The molecule has 4 nitrogen and oxygen atoms in total. The number of carbonyl (C=O) groups excluding carboxylic acids is 1. The number of halogens is 1. The van der Waals surface area contributed by atoms with Crippen LogP contribution in [0.15, 0.2) is 59.2 Å². The van der Waals surface area contributed by atoms with E-state index in [1.165, 1.54) is 10.9 Å². The molecular weight excluding hydrogens is 366 g/mol. The number of aromatic amines is 1. The minimum absolute atomic E-state index is 0.0689. The second kappa shape index (κ2) is 8.02. The maximum Gasteiger partial charge on any atom is 0.221 e. The first kappa shape index (κ1) is 16.6. The van der Waals surface area contributed by atoms with Crippen molar-refractivity contribution in [3.05, 3.63) is 64.8 Å². The van der Waals surface area contributed by atoms with Gasteiger partial charge in [0, 0.05) is 46.8 Å². The van der Waals surface area contributed by atoms with Crippen LogP contribution in [0.25, 0.3) is 10.9 Å². The minimum atomic E-state index is 0.0689. The van der Waals surface area contributed by atoms with Crippen LogP contribution in [0.4, 0.5) is 5.69 Å². The molecule has 3 aromatic rings. The van der Waals surface area contributed by atoms with Crippen molar-refractivity contribution in [2.75, 3.05) is 18.4 Å². The Balaban J connectivity index is 1.39. The molecule has 5 heteroatoms. The number of hydrogen-bond donors (Lipinski definition) is 3. The number of aromatic nitrogens is 1. The molecular formula is C19H20BrN3O. The number of H-pyrrole nitrogens is 1. The van der Waals surface area contributed by atoms with Crippen molar-refractivity contribution in [1.29, 1.82) is 0 Å². The van der Waals surface area contributed by atoms with Gasteiger partial charge in [0.25, 0.3) is 0 Å². The topological polar surface area (TPSA) is 56.9 Å². The molecule has 0 saturated heterocycles. The first-order chi connectivity index (χ1) is 11.7. The van der Waals surface area contributed by atoms with Crippen LogP contribution in [0.3, 0.4) is 0 Å². The number of rotatable bonds is 7. The molecule has 0 bridgehead atoms. The Morgan fingerprint density at radius 2 is 1.83 bits per heavy atom. The maximum absolute atomic E-state index is 11.9. The van der Waals surface area contributed by atoms with E-state index in [1.54, 1.807) is 0 Å². The fourth-order valence-corrected chi connectivity index (χ4v) is 2.92. The molecule has 2 aromatic carbocycles. The minimum Gasteiger partial charge on any atom is -0.385 e. The summed E-state index contributed by atoms with van der Waals surface area (Å²) in [5.74, 6) is 0.0689. The average molecular weight is 386 g/mol.